The number of rotatable bonds is 8. The molecule has 2 N–H and O–H groups in total. The van der Waals surface area contributed by atoms with Crippen molar-refractivity contribution in [1.29, 1.82) is 0 Å². The fourth-order valence-corrected chi connectivity index (χ4v) is 1.43. The molecule has 0 saturated carbocycles. The first kappa shape index (κ1) is 14.5. The number of methoxy groups -OCH3 is 1. The van der Waals surface area contributed by atoms with E-state index in [2.05, 4.69) is 5.32 Å². The van der Waals surface area contributed by atoms with Crippen LogP contribution in [-0.2, 0) is 16.0 Å². The zero-order chi connectivity index (χ0) is 13.4. The average molecular weight is 253 g/mol. The van der Waals surface area contributed by atoms with Crippen LogP contribution in [0.4, 0.5) is 0 Å². The van der Waals surface area contributed by atoms with Gasteiger partial charge in [-0.25, -0.2) is 0 Å². The smallest absolute Gasteiger partial charge is 0.324 e. The molecule has 0 aromatic heterocycles. The molecule has 0 aliphatic carbocycles. The van der Waals surface area contributed by atoms with Gasteiger partial charge in [-0.15, -0.1) is 0 Å². The Balaban J connectivity index is 2.45. The Morgan fingerprint density at radius 3 is 2.56 bits per heavy atom. The molecule has 1 rings (SSSR count). The molecule has 1 unspecified atom stereocenters. The van der Waals surface area contributed by atoms with E-state index in [1.165, 1.54) is 0 Å². The minimum Gasteiger partial charge on any atom is -0.491 e. The second-order valence-corrected chi connectivity index (χ2v) is 3.88. The maximum absolute atomic E-state index is 10.8. The summed E-state index contributed by atoms with van der Waals surface area (Å²) in [6.45, 7) is 0.782. The number of carboxylic acid groups (broad SMARTS) is 1. The lowest BCUT2D eigenvalue weighted by molar-refractivity contribution is -0.140. The van der Waals surface area contributed by atoms with Crippen LogP contribution in [0.2, 0.25) is 0 Å². The molecule has 5 heteroatoms. The van der Waals surface area contributed by atoms with E-state index in [9.17, 15) is 4.79 Å². The molecule has 0 spiro atoms. The van der Waals surface area contributed by atoms with Gasteiger partial charge in [-0.1, -0.05) is 12.1 Å². The number of hydrogen-bond donors (Lipinski definition) is 2. The Morgan fingerprint density at radius 1 is 1.39 bits per heavy atom. The predicted molar refractivity (Wildman–Crippen MR) is 68.0 cm³/mol. The molecule has 1 atom stereocenters. The number of carbonyl (C=O) groups is 1. The summed E-state index contributed by atoms with van der Waals surface area (Å²) in [6.07, 6.45) is 0.852. The predicted octanol–water partition coefficient (Wildman–Crippen LogP) is 0.927. The van der Waals surface area contributed by atoms with Gasteiger partial charge in [0.2, 0.25) is 0 Å². The Bertz CT molecular complexity index is 364. The molecular formula is C13H19NO4. The van der Waals surface area contributed by atoms with E-state index in [0.717, 1.165) is 12.0 Å². The highest BCUT2D eigenvalue weighted by Crippen LogP contribution is 2.12. The normalized spacial score (nSPS) is 12.1. The Morgan fingerprint density at radius 2 is 2.06 bits per heavy atom. The molecule has 0 fully saturated rings. The van der Waals surface area contributed by atoms with Crippen LogP contribution in [0.25, 0.3) is 0 Å². The van der Waals surface area contributed by atoms with Gasteiger partial charge in [0.15, 0.2) is 0 Å². The molecule has 100 valence electrons. The number of nitrogens with one attached hydrogen (secondary N) is 1. The average Bonchev–Trinajstić information content (AvgIpc) is 2.38. The van der Waals surface area contributed by atoms with Crippen LogP contribution in [-0.4, -0.2) is 44.5 Å². The molecular weight excluding hydrogens is 234 g/mol. The van der Waals surface area contributed by atoms with Crippen molar-refractivity contribution in [3.63, 3.8) is 0 Å². The zero-order valence-electron chi connectivity index (χ0n) is 10.7. The summed E-state index contributed by atoms with van der Waals surface area (Å²) < 4.78 is 10.4. The Kier molecular flexibility index (Phi) is 6.18. The van der Waals surface area contributed by atoms with Crippen LogP contribution in [0.3, 0.4) is 0 Å². The van der Waals surface area contributed by atoms with Crippen molar-refractivity contribution < 1.29 is 19.4 Å². The van der Waals surface area contributed by atoms with E-state index in [-0.39, 0.29) is 6.61 Å². The third-order valence-electron chi connectivity index (χ3n) is 2.58. The van der Waals surface area contributed by atoms with Gasteiger partial charge in [-0.05, 0) is 31.2 Å². The second kappa shape index (κ2) is 7.68. The van der Waals surface area contributed by atoms with Crippen molar-refractivity contribution in [2.24, 2.45) is 0 Å². The summed E-state index contributed by atoms with van der Waals surface area (Å²) in [4.78, 5) is 10.8. The van der Waals surface area contributed by atoms with Gasteiger partial charge in [-0.3, -0.25) is 4.79 Å². The van der Waals surface area contributed by atoms with E-state index >= 15 is 0 Å². The quantitative estimate of drug-likeness (QED) is 0.721. The van der Waals surface area contributed by atoms with Crippen molar-refractivity contribution in [3.8, 4) is 5.75 Å². The molecule has 5 nitrogen and oxygen atoms in total. The first-order chi connectivity index (χ1) is 8.67. The van der Waals surface area contributed by atoms with Gasteiger partial charge in [0, 0.05) is 7.11 Å². The van der Waals surface area contributed by atoms with Gasteiger partial charge in [0.1, 0.15) is 18.4 Å². The van der Waals surface area contributed by atoms with Gasteiger partial charge < -0.3 is 19.9 Å². The minimum absolute atomic E-state index is 0.100. The highest BCUT2D eigenvalue weighted by Gasteiger charge is 2.15. The molecule has 0 amide bonds. The fraction of sp³-hybridized carbons (Fsp3) is 0.462. The Hall–Kier alpha value is -1.59. The van der Waals surface area contributed by atoms with Gasteiger partial charge >= 0.3 is 5.97 Å². The summed E-state index contributed by atoms with van der Waals surface area (Å²) in [6, 6.07) is 6.87. The zero-order valence-corrected chi connectivity index (χ0v) is 10.7. The highest BCUT2D eigenvalue weighted by molar-refractivity contribution is 5.73. The number of ether oxygens (including phenoxy) is 2. The van der Waals surface area contributed by atoms with Crippen LogP contribution in [0.5, 0.6) is 5.75 Å². The van der Waals surface area contributed by atoms with Gasteiger partial charge in [-0.2, -0.15) is 0 Å². The number of benzene rings is 1. The number of hydrogen-bond acceptors (Lipinski definition) is 4. The molecule has 1 aromatic rings. The summed E-state index contributed by atoms with van der Waals surface area (Å²) in [5.41, 5.74) is 1.16. The van der Waals surface area contributed by atoms with E-state index < -0.39 is 12.0 Å². The molecule has 0 radical (unpaired) electrons. The second-order valence-electron chi connectivity index (χ2n) is 3.88. The molecule has 0 heterocycles. The number of carboxylic acids is 1. The summed E-state index contributed by atoms with van der Waals surface area (Å²) in [5, 5.41) is 11.5. The van der Waals surface area contributed by atoms with E-state index in [1.54, 1.807) is 14.2 Å². The van der Waals surface area contributed by atoms with Crippen LogP contribution in [0.15, 0.2) is 24.3 Å². The van der Waals surface area contributed by atoms with E-state index in [4.69, 9.17) is 14.6 Å². The van der Waals surface area contributed by atoms with Crippen molar-refractivity contribution in [3.05, 3.63) is 29.8 Å². The lowest BCUT2D eigenvalue weighted by Gasteiger charge is -2.12. The monoisotopic (exact) mass is 253 g/mol. The SMILES string of the molecule is CNC(COc1ccc(CCOC)cc1)C(=O)O. The highest BCUT2D eigenvalue weighted by atomic mass is 16.5. The standard InChI is InChI=1S/C13H19NO4/c1-14-12(13(15)16)9-18-11-5-3-10(4-6-11)7-8-17-2/h3-6,12,14H,7-9H2,1-2H3,(H,15,16). The summed E-state index contributed by atoms with van der Waals surface area (Å²) in [5.74, 6) is -0.258. The molecule has 1 aromatic carbocycles. The molecule has 0 bridgehead atoms. The summed E-state index contributed by atoms with van der Waals surface area (Å²) in [7, 11) is 3.26. The third kappa shape index (κ3) is 4.73. The molecule has 0 saturated heterocycles. The van der Waals surface area contributed by atoms with Crippen molar-refractivity contribution in [2.75, 3.05) is 27.4 Å². The third-order valence-corrected chi connectivity index (χ3v) is 2.58. The molecule has 0 aliphatic heterocycles. The van der Waals surface area contributed by atoms with Crippen LogP contribution in [0, 0.1) is 0 Å². The molecule has 18 heavy (non-hydrogen) atoms. The lowest BCUT2D eigenvalue weighted by atomic mass is 10.1. The topological polar surface area (TPSA) is 67.8 Å². The van der Waals surface area contributed by atoms with E-state index in [0.29, 0.717) is 12.4 Å². The van der Waals surface area contributed by atoms with E-state index in [1.807, 2.05) is 24.3 Å². The maximum atomic E-state index is 10.8. The van der Waals surface area contributed by atoms with Crippen molar-refractivity contribution in [1.82, 2.24) is 5.32 Å². The van der Waals surface area contributed by atoms with Crippen molar-refractivity contribution >= 4 is 5.97 Å². The van der Waals surface area contributed by atoms with Gasteiger partial charge in [0.25, 0.3) is 0 Å². The van der Waals surface area contributed by atoms with Crippen molar-refractivity contribution in [2.45, 2.75) is 12.5 Å². The van der Waals surface area contributed by atoms with Crippen LogP contribution < -0.4 is 10.1 Å². The maximum Gasteiger partial charge on any atom is 0.324 e. The first-order valence-electron chi connectivity index (χ1n) is 5.78. The lowest BCUT2D eigenvalue weighted by Crippen LogP contribution is -2.39. The number of aliphatic carboxylic acids is 1. The summed E-state index contributed by atoms with van der Waals surface area (Å²) >= 11 is 0. The molecule has 0 aliphatic rings. The van der Waals surface area contributed by atoms with Crippen LogP contribution >= 0.6 is 0 Å². The number of likely N-dealkylation sites (N-methyl/N-ethyl adjacent to an activating group) is 1. The fourth-order valence-electron chi connectivity index (χ4n) is 1.43. The first-order valence-corrected chi connectivity index (χ1v) is 5.78. The minimum atomic E-state index is -0.922. The Labute approximate surface area is 107 Å². The van der Waals surface area contributed by atoms with Gasteiger partial charge in [0.05, 0.1) is 6.61 Å². The van der Waals surface area contributed by atoms with Crippen LogP contribution in [0.1, 0.15) is 5.56 Å². The largest absolute Gasteiger partial charge is 0.491 e.